The molecule has 1 aromatic rings. The molecule has 0 aromatic carbocycles. The summed E-state index contributed by atoms with van der Waals surface area (Å²) in [6.07, 6.45) is 4.77. The Bertz CT molecular complexity index is 969. The summed E-state index contributed by atoms with van der Waals surface area (Å²) < 4.78 is 0. The summed E-state index contributed by atoms with van der Waals surface area (Å²) in [5, 5.41) is 29.7. The molecule has 3 atom stereocenters. The van der Waals surface area contributed by atoms with Crippen LogP contribution in [-0.4, -0.2) is 116 Å². The number of carboxylic acid groups (broad SMARTS) is 3. The van der Waals surface area contributed by atoms with E-state index in [4.69, 9.17) is 0 Å². The molecule has 0 amide bonds. The predicted octanol–water partition coefficient (Wildman–Crippen LogP) is 0.0230. The number of fused-ring (bicyclic) bond motifs is 2. The molecule has 1 aliphatic heterocycles. The third-order valence-electron chi connectivity index (χ3n) is 6.68. The molecule has 2 heterocycles. The molecule has 0 saturated carbocycles. The number of rotatable bonds is 15. The molecule has 0 fully saturated rings. The van der Waals surface area contributed by atoms with Crippen LogP contribution in [-0.2, 0) is 140 Å². The van der Waals surface area contributed by atoms with Crippen molar-refractivity contribution in [2.24, 2.45) is 0 Å². The van der Waals surface area contributed by atoms with Gasteiger partial charge in [-0.05, 0) is 12.1 Å². The van der Waals surface area contributed by atoms with Gasteiger partial charge in [0.05, 0.1) is 11.4 Å². The van der Waals surface area contributed by atoms with Gasteiger partial charge in [-0.2, -0.15) is 19.3 Å². The molecule has 1 aromatic heterocycles. The minimum absolute atomic E-state index is 0. The van der Waals surface area contributed by atoms with Crippen LogP contribution in [0.4, 0.5) is 0 Å². The molecular formula is C26H33GdN4O9Y3. The van der Waals surface area contributed by atoms with Gasteiger partial charge in [-0.3, -0.25) is 52.9 Å². The van der Waals surface area contributed by atoms with E-state index in [9.17, 15) is 44.1 Å². The summed E-state index contributed by atoms with van der Waals surface area (Å²) in [5.41, 5.74) is 1.03. The van der Waals surface area contributed by atoms with E-state index >= 15 is 0 Å². The summed E-state index contributed by atoms with van der Waals surface area (Å²) in [5.74, 6) is -3.47. The monoisotopic (exact) mass is 970 g/mol. The molecule has 4 radical (unpaired) electrons. The molecule has 43 heavy (non-hydrogen) atoms. The van der Waals surface area contributed by atoms with Crippen molar-refractivity contribution in [3.63, 3.8) is 0 Å². The van der Waals surface area contributed by atoms with E-state index in [-0.39, 0.29) is 216 Å². The smallest absolute Gasteiger partial charge is 0.542 e. The fourth-order valence-electron chi connectivity index (χ4n) is 4.72. The quantitative estimate of drug-likeness (QED) is 0.200. The number of carboxylic acids is 3. The van der Waals surface area contributed by atoms with Gasteiger partial charge < -0.3 is 29.7 Å². The Morgan fingerprint density at radius 2 is 0.953 bits per heavy atom. The van der Waals surface area contributed by atoms with Crippen molar-refractivity contribution in [3.05, 3.63) is 29.6 Å². The molecule has 0 unspecified atom stereocenters. The maximum Gasteiger partial charge on any atom is 3.00 e. The van der Waals surface area contributed by atoms with Gasteiger partial charge >= 0.3 is 57.8 Å². The molecule has 0 aliphatic carbocycles. The molecule has 0 spiro atoms. The largest absolute Gasteiger partial charge is 3.00 e. The van der Waals surface area contributed by atoms with Crippen LogP contribution in [0.15, 0.2) is 18.2 Å². The van der Waals surface area contributed by atoms with E-state index in [2.05, 4.69) is 4.98 Å². The van der Waals surface area contributed by atoms with Crippen molar-refractivity contribution in [2.45, 2.75) is 69.7 Å². The first-order chi connectivity index (χ1) is 18.7. The molecule has 1 aliphatic rings. The van der Waals surface area contributed by atoms with E-state index < -0.39 is 36.0 Å². The van der Waals surface area contributed by atoms with Crippen molar-refractivity contribution >= 4 is 36.8 Å². The van der Waals surface area contributed by atoms with Crippen LogP contribution in [0.1, 0.15) is 49.9 Å². The topological polar surface area (TPSA) is 186 Å². The minimum atomic E-state index is -1.18. The molecule has 2 bridgehead atoms. The summed E-state index contributed by atoms with van der Waals surface area (Å²) in [7, 11) is 0. The van der Waals surface area contributed by atoms with Crippen molar-refractivity contribution in [1.82, 2.24) is 19.7 Å². The summed E-state index contributed by atoms with van der Waals surface area (Å²) >= 11 is 0. The molecule has 13 nitrogen and oxygen atoms in total. The van der Waals surface area contributed by atoms with Crippen LogP contribution in [0.2, 0.25) is 0 Å². The van der Waals surface area contributed by atoms with Crippen molar-refractivity contribution in [3.8, 4) is 0 Å². The second-order valence-corrected chi connectivity index (χ2v) is 9.21. The molecule has 228 valence electrons. The summed E-state index contributed by atoms with van der Waals surface area (Å²) in [4.78, 5) is 78.4. The summed E-state index contributed by atoms with van der Waals surface area (Å²) in [6, 6.07) is 1.91. The van der Waals surface area contributed by atoms with Crippen molar-refractivity contribution in [1.29, 1.82) is 0 Å². The van der Waals surface area contributed by atoms with Crippen LogP contribution in [0.25, 0.3) is 0 Å². The fraction of sp³-hybridized carbons (Fsp3) is 0.577. The van der Waals surface area contributed by atoms with Gasteiger partial charge in [0.15, 0.2) is 0 Å². The zero-order chi connectivity index (χ0) is 28.8. The molecule has 0 saturated heterocycles. The third-order valence-corrected chi connectivity index (χ3v) is 6.68. The number of aliphatic carboxylic acids is 3. The predicted molar refractivity (Wildman–Crippen MR) is 136 cm³/mol. The Labute approximate surface area is 358 Å². The number of carbonyl (C=O) groups is 3. The Hall–Kier alpha value is 1.09. The van der Waals surface area contributed by atoms with Gasteiger partial charge in [-0.25, -0.2) is 0 Å². The first-order valence-electron chi connectivity index (χ1n) is 12.6. The molecule has 3 N–H and O–H groups in total. The van der Waals surface area contributed by atoms with Gasteiger partial charge in [0.1, 0.15) is 18.1 Å². The normalized spacial score (nSPS) is 16.4. The Balaban J connectivity index is -0.00000400. The number of hydrogen-bond donors (Lipinski definition) is 3. The van der Waals surface area contributed by atoms with Crippen LogP contribution >= 0.6 is 0 Å². The molecular weight excluding hydrogens is 936 g/mol. The standard InChI is InChI=1S/C26H33N4O9.Gd.3Y/c31-14-2-7-21(24(34)35)28-10-12-29(22(25(36)37)8-3-15-32)17-19-5-1-6-20(27-19)18-30(13-11-28)23(26(38)39)9-4-16-33;;;;/h1,5-6,21-23H,2-4,7-13,17-18H2,(H,34,35)(H,36,37)(H,38,39);;;;/q-3;+3;;;/t21-,22-,23-;;;;/m1..../s1. The second kappa shape index (κ2) is 27.1. The van der Waals surface area contributed by atoms with Gasteiger partial charge in [-0.15, -0.1) is 0 Å². The average Bonchev–Trinajstić information content (AvgIpc) is 2.88. The summed E-state index contributed by atoms with van der Waals surface area (Å²) in [6.45, 7) is 0.521. The van der Waals surface area contributed by atoms with Gasteiger partial charge in [-0.1, -0.05) is 25.3 Å². The zero-order valence-corrected chi connectivity index (χ0v) is 34.4. The first kappa shape index (κ1) is 48.5. The number of aromatic nitrogens is 1. The van der Waals surface area contributed by atoms with E-state index in [1.807, 2.05) is 0 Å². The molecule has 17 heteroatoms. The number of pyridine rings is 1. The van der Waals surface area contributed by atoms with E-state index in [1.165, 1.54) is 0 Å². The SMILES string of the molecule is O=[C-]CC[C@H](C(=O)O)N1CCN([C@H](CC[C-]=O)C(=O)O)Cc2cccc(n2)CN([C@H](CC[C-]=O)C(=O)O)CC1.[Gd+3].[Y].[Y].[Y]. The maximum absolute atomic E-state index is 12.2. The first-order valence-corrected chi connectivity index (χ1v) is 12.6. The zero-order valence-electron chi connectivity index (χ0n) is 23.6. The minimum Gasteiger partial charge on any atom is -0.542 e. The van der Waals surface area contributed by atoms with Crippen LogP contribution in [0, 0.1) is 39.9 Å². The van der Waals surface area contributed by atoms with Gasteiger partial charge in [0.25, 0.3) is 0 Å². The number of hydrogen-bond acceptors (Lipinski definition) is 10. The van der Waals surface area contributed by atoms with E-state index in [0.29, 0.717) is 11.4 Å². The maximum atomic E-state index is 12.2. The van der Waals surface area contributed by atoms with Crippen LogP contribution in [0.3, 0.4) is 0 Å². The Kier molecular flexibility index (Phi) is 30.5. The molecule has 2 rings (SSSR count). The van der Waals surface area contributed by atoms with Crippen LogP contribution < -0.4 is 0 Å². The second-order valence-electron chi connectivity index (χ2n) is 9.21. The van der Waals surface area contributed by atoms with E-state index in [1.54, 1.807) is 51.8 Å². The number of nitrogens with zero attached hydrogens (tertiary/aromatic N) is 4. The number of carbonyl (C=O) groups excluding carboxylic acids is 3. The van der Waals surface area contributed by atoms with Crippen molar-refractivity contribution in [2.75, 3.05) is 26.2 Å². The Morgan fingerprint density at radius 3 is 1.26 bits per heavy atom. The van der Waals surface area contributed by atoms with E-state index in [0.717, 1.165) is 0 Å². The van der Waals surface area contributed by atoms with Gasteiger partial charge in [0.2, 0.25) is 0 Å². The van der Waals surface area contributed by atoms with Gasteiger partial charge in [0, 0.05) is 137 Å². The fourth-order valence-corrected chi connectivity index (χ4v) is 4.72. The third kappa shape index (κ3) is 17.2. The average molecular weight is 970 g/mol. The van der Waals surface area contributed by atoms with Crippen molar-refractivity contribution < 1.29 is 182 Å². The Morgan fingerprint density at radius 1 is 0.651 bits per heavy atom. The van der Waals surface area contributed by atoms with Crippen LogP contribution in [0.5, 0.6) is 0 Å².